The van der Waals surface area contributed by atoms with Crippen LogP contribution in [0.5, 0.6) is 0 Å². The standard InChI is InChI=1S/C26H34N4OS/c1-26(2,3)20-9-10-21-22(16-27)25(32-23(21)15-20)28-24(31)18-30-13-11-29(12-14-30)17-19-7-5-4-6-8-19/h4-8,20H,9-15,17-18H2,1-3H3,(H,28,31)/t20-/m0/s1. The quantitative estimate of drug-likeness (QED) is 0.727. The zero-order valence-corrected chi connectivity index (χ0v) is 20.3. The van der Waals surface area contributed by atoms with Gasteiger partial charge in [0.05, 0.1) is 12.1 Å². The minimum absolute atomic E-state index is 0.0102. The number of benzene rings is 1. The van der Waals surface area contributed by atoms with Crippen LogP contribution in [0.3, 0.4) is 0 Å². The van der Waals surface area contributed by atoms with Gasteiger partial charge in [-0.15, -0.1) is 11.3 Å². The van der Waals surface area contributed by atoms with Gasteiger partial charge in [-0.2, -0.15) is 5.26 Å². The van der Waals surface area contributed by atoms with Crippen LogP contribution in [0.1, 0.15) is 48.8 Å². The summed E-state index contributed by atoms with van der Waals surface area (Å²) in [5.41, 5.74) is 3.46. The number of hydrogen-bond acceptors (Lipinski definition) is 5. The number of rotatable bonds is 5. The largest absolute Gasteiger partial charge is 0.315 e. The summed E-state index contributed by atoms with van der Waals surface area (Å²) in [5.74, 6) is 0.611. The Hall–Kier alpha value is -2.20. The second kappa shape index (κ2) is 9.74. The summed E-state index contributed by atoms with van der Waals surface area (Å²) < 4.78 is 0. The molecule has 0 spiro atoms. The van der Waals surface area contributed by atoms with Crippen molar-refractivity contribution in [3.63, 3.8) is 0 Å². The van der Waals surface area contributed by atoms with Gasteiger partial charge < -0.3 is 5.32 Å². The van der Waals surface area contributed by atoms with Crippen molar-refractivity contribution in [2.45, 2.75) is 46.6 Å². The summed E-state index contributed by atoms with van der Waals surface area (Å²) in [6, 6.07) is 12.9. The highest BCUT2D eigenvalue weighted by Crippen LogP contribution is 2.43. The van der Waals surface area contributed by atoms with Crippen LogP contribution >= 0.6 is 11.3 Å². The second-order valence-electron chi connectivity index (χ2n) is 10.2. The zero-order chi connectivity index (χ0) is 22.7. The van der Waals surface area contributed by atoms with E-state index >= 15 is 0 Å². The summed E-state index contributed by atoms with van der Waals surface area (Å²) in [7, 11) is 0. The summed E-state index contributed by atoms with van der Waals surface area (Å²) in [5, 5.41) is 13.6. The van der Waals surface area contributed by atoms with Crippen LogP contribution in [0.15, 0.2) is 30.3 Å². The summed E-state index contributed by atoms with van der Waals surface area (Å²) in [6.45, 7) is 11.9. The van der Waals surface area contributed by atoms with Crippen LogP contribution in [0.2, 0.25) is 0 Å². The zero-order valence-electron chi connectivity index (χ0n) is 19.5. The molecule has 32 heavy (non-hydrogen) atoms. The highest BCUT2D eigenvalue weighted by atomic mass is 32.1. The Balaban J connectivity index is 1.31. The van der Waals surface area contributed by atoms with Crippen molar-refractivity contribution in [2.75, 3.05) is 38.0 Å². The van der Waals surface area contributed by atoms with Crippen molar-refractivity contribution in [3.8, 4) is 6.07 Å². The molecule has 1 amide bonds. The number of carbonyl (C=O) groups is 1. The van der Waals surface area contributed by atoms with Crippen LogP contribution in [0.25, 0.3) is 0 Å². The van der Waals surface area contributed by atoms with Crippen molar-refractivity contribution in [1.82, 2.24) is 9.80 Å². The summed E-state index contributed by atoms with van der Waals surface area (Å²) in [4.78, 5) is 18.7. The first-order chi connectivity index (χ1) is 15.3. The summed E-state index contributed by atoms with van der Waals surface area (Å²) >= 11 is 1.62. The fourth-order valence-electron chi connectivity index (χ4n) is 4.85. The minimum Gasteiger partial charge on any atom is -0.315 e. The maximum atomic E-state index is 12.8. The first kappa shape index (κ1) is 23.0. The highest BCUT2D eigenvalue weighted by molar-refractivity contribution is 7.16. The van der Waals surface area contributed by atoms with Crippen LogP contribution < -0.4 is 5.32 Å². The van der Waals surface area contributed by atoms with Crippen LogP contribution in [-0.2, 0) is 24.2 Å². The normalized spacial score (nSPS) is 19.9. The van der Waals surface area contributed by atoms with Gasteiger partial charge in [0.15, 0.2) is 0 Å². The van der Waals surface area contributed by atoms with E-state index < -0.39 is 0 Å². The third kappa shape index (κ3) is 5.40. The van der Waals surface area contributed by atoms with Gasteiger partial charge in [-0.3, -0.25) is 14.6 Å². The number of fused-ring (bicyclic) bond motifs is 1. The lowest BCUT2D eigenvalue weighted by molar-refractivity contribution is -0.117. The number of anilines is 1. The number of hydrogen-bond donors (Lipinski definition) is 1. The topological polar surface area (TPSA) is 59.4 Å². The van der Waals surface area contributed by atoms with Crippen LogP contribution in [0.4, 0.5) is 5.00 Å². The molecule has 5 nitrogen and oxygen atoms in total. The van der Waals surface area contributed by atoms with E-state index in [9.17, 15) is 10.1 Å². The van der Waals surface area contributed by atoms with E-state index in [1.54, 1.807) is 11.3 Å². The molecule has 1 aromatic carbocycles. The predicted molar refractivity (Wildman–Crippen MR) is 131 cm³/mol. The van der Waals surface area contributed by atoms with Crippen LogP contribution in [0, 0.1) is 22.7 Å². The van der Waals surface area contributed by atoms with E-state index in [4.69, 9.17) is 0 Å². The van der Waals surface area contributed by atoms with Gasteiger partial charge >= 0.3 is 0 Å². The number of thiophene rings is 1. The average Bonchev–Trinajstić information content (AvgIpc) is 3.11. The lowest BCUT2D eigenvalue weighted by Gasteiger charge is -2.34. The number of nitrogens with zero attached hydrogens (tertiary/aromatic N) is 3. The minimum atomic E-state index is -0.0102. The van der Waals surface area contributed by atoms with Gasteiger partial charge in [0.25, 0.3) is 0 Å². The average molecular weight is 451 g/mol. The van der Waals surface area contributed by atoms with E-state index in [0.717, 1.165) is 57.0 Å². The fraction of sp³-hybridized carbons (Fsp3) is 0.538. The van der Waals surface area contributed by atoms with Crippen molar-refractivity contribution in [1.29, 1.82) is 5.26 Å². The second-order valence-corrected chi connectivity index (χ2v) is 11.3. The molecule has 0 saturated carbocycles. The molecule has 6 heteroatoms. The Morgan fingerprint density at radius 1 is 1.16 bits per heavy atom. The molecule has 1 N–H and O–H groups in total. The van der Waals surface area contributed by atoms with E-state index in [1.807, 2.05) is 6.07 Å². The van der Waals surface area contributed by atoms with Gasteiger partial charge in [0.1, 0.15) is 11.1 Å². The molecule has 1 fully saturated rings. The lowest BCUT2D eigenvalue weighted by atomic mass is 9.72. The maximum absolute atomic E-state index is 12.8. The lowest BCUT2D eigenvalue weighted by Crippen LogP contribution is -2.48. The van der Waals surface area contributed by atoms with Crippen molar-refractivity contribution in [2.24, 2.45) is 11.3 Å². The van der Waals surface area contributed by atoms with E-state index in [0.29, 0.717) is 18.0 Å². The Labute approximate surface area is 196 Å². The smallest absolute Gasteiger partial charge is 0.239 e. The first-order valence-electron chi connectivity index (χ1n) is 11.7. The van der Waals surface area contributed by atoms with Gasteiger partial charge in [-0.25, -0.2) is 0 Å². The monoisotopic (exact) mass is 450 g/mol. The fourth-order valence-corrected chi connectivity index (χ4v) is 6.14. The Bertz CT molecular complexity index is 978. The number of amides is 1. The highest BCUT2D eigenvalue weighted by Gasteiger charge is 2.32. The van der Waals surface area contributed by atoms with E-state index in [1.165, 1.54) is 16.0 Å². The molecule has 2 heterocycles. The van der Waals surface area contributed by atoms with Crippen molar-refractivity contribution >= 4 is 22.2 Å². The van der Waals surface area contributed by atoms with Crippen molar-refractivity contribution < 1.29 is 4.79 Å². The molecule has 1 aliphatic carbocycles. The molecular formula is C26H34N4OS. The van der Waals surface area contributed by atoms with E-state index in [2.05, 4.69) is 66.2 Å². The molecule has 1 aromatic heterocycles. The molecule has 0 unspecified atom stereocenters. The molecular weight excluding hydrogens is 416 g/mol. The SMILES string of the molecule is CC(C)(C)[C@H]1CCc2c(sc(NC(=O)CN3CCN(Cc4ccccc4)CC3)c2C#N)C1. The maximum Gasteiger partial charge on any atom is 0.239 e. The predicted octanol–water partition coefficient (Wildman–Crippen LogP) is 4.53. The third-order valence-corrected chi connectivity index (χ3v) is 8.11. The number of nitriles is 1. The molecule has 4 rings (SSSR count). The third-order valence-electron chi connectivity index (χ3n) is 6.94. The number of nitrogens with one attached hydrogen (secondary N) is 1. The Kier molecular flexibility index (Phi) is 6.99. The molecule has 1 saturated heterocycles. The Morgan fingerprint density at radius 3 is 2.50 bits per heavy atom. The molecule has 0 radical (unpaired) electrons. The first-order valence-corrected chi connectivity index (χ1v) is 12.5. The molecule has 1 atom stereocenters. The van der Waals surface area contributed by atoms with Gasteiger partial charge in [0, 0.05) is 37.6 Å². The summed E-state index contributed by atoms with van der Waals surface area (Å²) in [6.07, 6.45) is 3.07. The van der Waals surface area contributed by atoms with Crippen molar-refractivity contribution in [3.05, 3.63) is 51.9 Å². The molecule has 0 bridgehead atoms. The number of piperazine rings is 1. The molecule has 2 aliphatic rings. The van der Waals surface area contributed by atoms with Gasteiger partial charge in [0.2, 0.25) is 5.91 Å². The molecule has 2 aromatic rings. The molecule has 1 aliphatic heterocycles. The Morgan fingerprint density at radius 2 is 1.84 bits per heavy atom. The van der Waals surface area contributed by atoms with Gasteiger partial charge in [-0.1, -0.05) is 51.1 Å². The van der Waals surface area contributed by atoms with Crippen LogP contribution in [-0.4, -0.2) is 48.4 Å². The van der Waals surface area contributed by atoms with Gasteiger partial charge in [-0.05, 0) is 41.7 Å². The number of carbonyl (C=O) groups excluding carboxylic acids is 1. The molecule has 170 valence electrons. The van der Waals surface area contributed by atoms with E-state index in [-0.39, 0.29) is 11.3 Å².